The van der Waals surface area contributed by atoms with E-state index in [2.05, 4.69) is 0 Å². The van der Waals surface area contributed by atoms with Crippen molar-refractivity contribution >= 4 is 0 Å². The van der Waals surface area contributed by atoms with Gasteiger partial charge in [0.15, 0.2) is 0 Å². The summed E-state index contributed by atoms with van der Waals surface area (Å²) in [5, 5.41) is 0. The molecule has 0 amide bonds. The van der Waals surface area contributed by atoms with Crippen LogP contribution in [0.4, 0.5) is 0 Å². The van der Waals surface area contributed by atoms with Crippen molar-refractivity contribution in [3.8, 4) is 0 Å². The van der Waals surface area contributed by atoms with E-state index in [1.54, 1.807) is 38.5 Å². The van der Waals surface area contributed by atoms with Crippen LogP contribution < -0.4 is 0 Å². The maximum Gasteiger partial charge on any atom is 0 e. The summed E-state index contributed by atoms with van der Waals surface area (Å²) in [6.45, 7) is 0. The standard InChI is InChI=1S/C10H15.V/c1-2-7(1)10(8-3-4-8)9-5-6-9;/h7-9H,1-6H2;/q-1;. The Bertz CT molecular complexity index is 114. The molecule has 0 aromatic heterocycles. The molecule has 61 valence electrons. The Morgan fingerprint density at radius 3 is 1.09 bits per heavy atom. The minimum absolute atomic E-state index is 0. The van der Waals surface area contributed by atoms with Crippen LogP contribution in [0.5, 0.6) is 0 Å². The van der Waals surface area contributed by atoms with Crippen molar-refractivity contribution in [1.29, 1.82) is 0 Å². The largest absolute Gasteiger partial charge is 0.305 e. The van der Waals surface area contributed by atoms with Gasteiger partial charge >= 0.3 is 0 Å². The Balaban J connectivity index is 0.000000480. The van der Waals surface area contributed by atoms with E-state index in [0.29, 0.717) is 0 Å². The van der Waals surface area contributed by atoms with E-state index in [0.717, 1.165) is 17.8 Å². The third-order valence-electron chi connectivity index (χ3n) is 3.15. The first-order chi connectivity index (χ1) is 4.95. The van der Waals surface area contributed by atoms with Gasteiger partial charge in [0.25, 0.3) is 0 Å². The zero-order chi connectivity index (χ0) is 6.55. The molecule has 3 fully saturated rings. The molecule has 3 saturated carbocycles. The summed E-state index contributed by atoms with van der Waals surface area (Å²) >= 11 is 0. The summed E-state index contributed by atoms with van der Waals surface area (Å²) in [6, 6.07) is 0. The van der Waals surface area contributed by atoms with Crippen LogP contribution in [0, 0.1) is 23.7 Å². The third-order valence-corrected chi connectivity index (χ3v) is 3.15. The molecule has 0 aromatic rings. The maximum atomic E-state index is 2.03. The molecule has 0 heterocycles. The molecule has 1 heteroatoms. The van der Waals surface area contributed by atoms with Gasteiger partial charge < -0.3 is 5.92 Å². The van der Waals surface area contributed by atoms with E-state index in [-0.39, 0.29) is 18.6 Å². The molecule has 0 atom stereocenters. The predicted molar refractivity (Wildman–Crippen MR) is 41.4 cm³/mol. The van der Waals surface area contributed by atoms with E-state index < -0.39 is 0 Å². The van der Waals surface area contributed by atoms with Crippen LogP contribution >= 0.6 is 0 Å². The molecule has 3 rings (SSSR count). The van der Waals surface area contributed by atoms with Crippen molar-refractivity contribution in [3.63, 3.8) is 0 Å². The maximum absolute atomic E-state index is 2.03. The van der Waals surface area contributed by atoms with E-state index in [9.17, 15) is 0 Å². The summed E-state index contributed by atoms with van der Waals surface area (Å²) in [5.41, 5.74) is 0. The monoisotopic (exact) mass is 186 g/mol. The molecular weight excluding hydrogens is 171 g/mol. The molecule has 0 N–H and O–H groups in total. The summed E-state index contributed by atoms with van der Waals surface area (Å²) in [6.07, 6.45) is 9.26. The van der Waals surface area contributed by atoms with Crippen LogP contribution in [0.15, 0.2) is 0 Å². The number of hydrogen-bond acceptors (Lipinski definition) is 0. The molecule has 3 aliphatic rings. The summed E-state index contributed by atoms with van der Waals surface area (Å²) in [5.74, 6) is 5.40. The molecule has 1 radical (unpaired) electrons. The predicted octanol–water partition coefficient (Wildman–Crippen LogP) is 2.79. The van der Waals surface area contributed by atoms with Gasteiger partial charge in [0.05, 0.1) is 0 Å². The molecule has 0 nitrogen and oxygen atoms in total. The topological polar surface area (TPSA) is 0 Å². The van der Waals surface area contributed by atoms with Gasteiger partial charge in [-0.3, -0.25) is 0 Å². The van der Waals surface area contributed by atoms with Crippen molar-refractivity contribution in [2.75, 3.05) is 0 Å². The molecule has 0 aromatic carbocycles. The Kier molecular flexibility index (Phi) is 2.10. The second-order valence-corrected chi connectivity index (χ2v) is 4.32. The average molecular weight is 186 g/mol. The Labute approximate surface area is 81.0 Å². The smallest absolute Gasteiger partial charge is 0 e. The van der Waals surface area contributed by atoms with Crippen molar-refractivity contribution in [2.24, 2.45) is 17.8 Å². The summed E-state index contributed by atoms with van der Waals surface area (Å²) in [7, 11) is 0. The van der Waals surface area contributed by atoms with Gasteiger partial charge in [-0.15, -0.1) is 0 Å². The van der Waals surface area contributed by atoms with Gasteiger partial charge in [0.2, 0.25) is 0 Å². The van der Waals surface area contributed by atoms with Gasteiger partial charge in [-0.1, -0.05) is 38.5 Å². The molecule has 11 heavy (non-hydrogen) atoms. The number of rotatable bonds is 3. The Morgan fingerprint density at radius 1 is 0.636 bits per heavy atom. The van der Waals surface area contributed by atoms with Crippen molar-refractivity contribution in [3.05, 3.63) is 5.92 Å². The van der Waals surface area contributed by atoms with Crippen molar-refractivity contribution in [2.45, 2.75) is 38.5 Å². The van der Waals surface area contributed by atoms with Crippen LogP contribution in [0.3, 0.4) is 0 Å². The van der Waals surface area contributed by atoms with Crippen LogP contribution in [0.2, 0.25) is 0 Å². The molecule has 0 bridgehead atoms. The minimum atomic E-state index is 0. The van der Waals surface area contributed by atoms with Gasteiger partial charge in [-0.2, -0.15) is 17.8 Å². The quantitative estimate of drug-likeness (QED) is 0.594. The average Bonchev–Trinajstić information content (AvgIpc) is 2.78. The van der Waals surface area contributed by atoms with Crippen molar-refractivity contribution in [1.82, 2.24) is 0 Å². The van der Waals surface area contributed by atoms with E-state index in [4.69, 9.17) is 0 Å². The van der Waals surface area contributed by atoms with Gasteiger partial charge in [-0.25, -0.2) is 0 Å². The van der Waals surface area contributed by atoms with Gasteiger partial charge in [-0.05, 0) is 0 Å². The number of hydrogen-bond donors (Lipinski definition) is 0. The first kappa shape index (κ1) is 8.19. The first-order valence-corrected chi connectivity index (χ1v) is 4.82. The summed E-state index contributed by atoms with van der Waals surface area (Å²) < 4.78 is 0. The fourth-order valence-electron chi connectivity index (χ4n) is 2.25. The molecule has 0 aliphatic heterocycles. The minimum Gasteiger partial charge on any atom is -0.305 e. The Hall–Kier alpha value is 0.584. The fraction of sp³-hybridized carbons (Fsp3) is 0.900. The van der Waals surface area contributed by atoms with Crippen LogP contribution in [0.1, 0.15) is 38.5 Å². The molecule has 0 spiro atoms. The van der Waals surface area contributed by atoms with Crippen LogP contribution in [-0.4, -0.2) is 0 Å². The SMILES string of the molecule is C1CC1[C-](C1CC1)C1CC1.[V]. The van der Waals surface area contributed by atoms with E-state index in [1.807, 2.05) is 5.92 Å². The second kappa shape index (κ2) is 2.82. The second-order valence-electron chi connectivity index (χ2n) is 4.32. The molecule has 0 saturated heterocycles. The first-order valence-electron chi connectivity index (χ1n) is 4.82. The Morgan fingerprint density at radius 2 is 0.909 bits per heavy atom. The normalized spacial score (nSPS) is 30.3. The summed E-state index contributed by atoms with van der Waals surface area (Å²) in [4.78, 5) is 0. The molecule has 0 unspecified atom stereocenters. The fourth-order valence-corrected chi connectivity index (χ4v) is 2.25. The zero-order valence-electron chi connectivity index (χ0n) is 6.92. The van der Waals surface area contributed by atoms with Crippen LogP contribution in [0.25, 0.3) is 0 Å². The van der Waals surface area contributed by atoms with Crippen molar-refractivity contribution < 1.29 is 18.6 Å². The van der Waals surface area contributed by atoms with Gasteiger partial charge in [0.1, 0.15) is 0 Å². The van der Waals surface area contributed by atoms with Gasteiger partial charge in [0, 0.05) is 18.6 Å². The molecule has 3 aliphatic carbocycles. The van der Waals surface area contributed by atoms with E-state index in [1.165, 1.54) is 0 Å². The third kappa shape index (κ3) is 1.67. The van der Waals surface area contributed by atoms with E-state index >= 15 is 0 Å². The zero-order valence-corrected chi connectivity index (χ0v) is 8.32. The molecular formula is C10H15V-. The van der Waals surface area contributed by atoms with Crippen LogP contribution in [-0.2, 0) is 18.6 Å².